The van der Waals surface area contributed by atoms with Gasteiger partial charge in [0, 0.05) is 5.69 Å². The number of thioether (sulfide) groups is 1. The molecule has 1 heterocycles. The lowest BCUT2D eigenvalue weighted by molar-refractivity contribution is -0.117. The van der Waals surface area contributed by atoms with Crippen LogP contribution in [0.3, 0.4) is 0 Å². The van der Waals surface area contributed by atoms with Crippen LogP contribution in [0.1, 0.15) is 28.4 Å². The van der Waals surface area contributed by atoms with Crippen LogP contribution in [0.15, 0.2) is 89.5 Å². The lowest BCUT2D eigenvalue weighted by atomic mass is 10.1. The van der Waals surface area contributed by atoms with Crippen molar-refractivity contribution in [2.75, 3.05) is 16.8 Å². The fourth-order valence-corrected chi connectivity index (χ4v) is 5.24. The van der Waals surface area contributed by atoms with Gasteiger partial charge in [-0.1, -0.05) is 60.3 Å². The Hall–Kier alpha value is -4.35. The number of carbonyl (C=O) groups excluding carboxylic acids is 3. The second-order valence-corrected chi connectivity index (χ2v) is 9.49. The quantitative estimate of drug-likeness (QED) is 0.265. The third kappa shape index (κ3) is 5.74. The van der Waals surface area contributed by atoms with Gasteiger partial charge in [0.1, 0.15) is 16.7 Å². The predicted octanol–water partition coefficient (Wildman–Crippen LogP) is 5.24. The summed E-state index contributed by atoms with van der Waals surface area (Å²) in [7, 11) is 0. The van der Waals surface area contributed by atoms with Gasteiger partial charge in [-0.15, -0.1) is 0 Å². The molecule has 0 saturated carbocycles. The summed E-state index contributed by atoms with van der Waals surface area (Å²) in [6, 6.07) is 25.1. The second kappa shape index (κ2) is 11.6. The van der Waals surface area contributed by atoms with Crippen LogP contribution in [0.5, 0.6) is 0 Å². The SMILES string of the molecule is CCOC(=O)c1ccc(C[C@@H]2S/C(=C(/C#N)C(=O)Nc3ccccc3)N(c3ccccc3C)C2=O)cc1. The van der Waals surface area contributed by atoms with E-state index in [4.69, 9.17) is 4.74 Å². The number of carbonyl (C=O) groups is 3. The molecule has 186 valence electrons. The van der Waals surface area contributed by atoms with Crippen molar-refractivity contribution in [1.29, 1.82) is 5.26 Å². The van der Waals surface area contributed by atoms with Crippen LogP contribution in [0.25, 0.3) is 0 Å². The summed E-state index contributed by atoms with van der Waals surface area (Å²) in [4.78, 5) is 40.3. The first-order valence-corrected chi connectivity index (χ1v) is 12.6. The van der Waals surface area contributed by atoms with E-state index in [1.54, 1.807) is 61.5 Å². The Labute approximate surface area is 219 Å². The molecule has 0 unspecified atom stereocenters. The molecule has 1 N–H and O–H groups in total. The number of nitriles is 1. The fourth-order valence-electron chi connectivity index (χ4n) is 3.94. The van der Waals surface area contributed by atoms with Crippen molar-refractivity contribution in [2.45, 2.75) is 25.5 Å². The molecule has 0 bridgehead atoms. The Morgan fingerprint density at radius 1 is 1.03 bits per heavy atom. The van der Waals surface area contributed by atoms with Gasteiger partial charge in [-0.25, -0.2) is 4.79 Å². The number of amides is 2. The summed E-state index contributed by atoms with van der Waals surface area (Å²) >= 11 is 1.20. The van der Waals surface area contributed by atoms with E-state index in [1.807, 2.05) is 37.3 Å². The molecule has 0 radical (unpaired) electrons. The molecule has 0 spiro atoms. The van der Waals surface area contributed by atoms with Crippen molar-refractivity contribution in [2.24, 2.45) is 0 Å². The predicted molar refractivity (Wildman–Crippen MR) is 144 cm³/mol. The molecule has 0 aliphatic carbocycles. The maximum Gasteiger partial charge on any atom is 0.338 e. The zero-order valence-corrected chi connectivity index (χ0v) is 21.2. The number of nitrogens with one attached hydrogen (secondary N) is 1. The van der Waals surface area contributed by atoms with Gasteiger partial charge in [0.05, 0.1) is 23.1 Å². The van der Waals surface area contributed by atoms with Crippen LogP contribution >= 0.6 is 11.8 Å². The van der Waals surface area contributed by atoms with E-state index in [2.05, 4.69) is 5.32 Å². The topological polar surface area (TPSA) is 99.5 Å². The van der Waals surface area contributed by atoms with E-state index in [1.165, 1.54) is 16.7 Å². The number of benzene rings is 3. The minimum Gasteiger partial charge on any atom is -0.462 e. The van der Waals surface area contributed by atoms with Crippen LogP contribution in [0.4, 0.5) is 11.4 Å². The fraction of sp³-hybridized carbons (Fsp3) is 0.172. The van der Waals surface area contributed by atoms with E-state index in [0.29, 0.717) is 28.4 Å². The highest BCUT2D eigenvalue weighted by Crippen LogP contribution is 2.43. The second-order valence-electron chi connectivity index (χ2n) is 8.30. The Balaban J connectivity index is 1.67. The van der Waals surface area contributed by atoms with Crippen LogP contribution in [0, 0.1) is 18.3 Å². The average Bonchev–Trinajstić information content (AvgIpc) is 3.21. The van der Waals surface area contributed by atoms with Gasteiger partial charge in [-0.05, 0) is 61.7 Å². The van der Waals surface area contributed by atoms with Crippen molar-refractivity contribution in [3.63, 3.8) is 0 Å². The van der Waals surface area contributed by atoms with Crippen molar-refractivity contribution < 1.29 is 19.1 Å². The molecule has 2 amide bonds. The monoisotopic (exact) mass is 511 g/mol. The molecule has 1 fully saturated rings. The van der Waals surface area contributed by atoms with Crippen molar-refractivity contribution in [1.82, 2.24) is 0 Å². The largest absolute Gasteiger partial charge is 0.462 e. The Bertz CT molecular complexity index is 1390. The number of hydrogen-bond donors (Lipinski definition) is 1. The van der Waals surface area contributed by atoms with E-state index < -0.39 is 17.1 Å². The summed E-state index contributed by atoms with van der Waals surface area (Å²) in [6.45, 7) is 3.91. The molecule has 1 aliphatic heterocycles. The van der Waals surface area contributed by atoms with E-state index >= 15 is 0 Å². The molecule has 8 heteroatoms. The highest BCUT2D eigenvalue weighted by atomic mass is 32.2. The number of ether oxygens (including phenoxy) is 1. The van der Waals surface area contributed by atoms with E-state index in [9.17, 15) is 19.6 Å². The first-order valence-electron chi connectivity index (χ1n) is 11.8. The van der Waals surface area contributed by atoms with Crippen LogP contribution in [-0.2, 0) is 20.7 Å². The number of aryl methyl sites for hydroxylation is 1. The summed E-state index contributed by atoms with van der Waals surface area (Å²) in [5.74, 6) is -1.20. The third-order valence-corrected chi connectivity index (χ3v) is 7.04. The summed E-state index contributed by atoms with van der Waals surface area (Å²) in [5, 5.41) is 12.5. The van der Waals surface area contributed by atoms with Crippen LogP contribution in [0.2, 0.25) is 0 Å². The first kappa shape index (κ1) is 25.7. The Morgan fingerprint density at radius 2 is 1.70 bits per heavy atom. The molecule has 37 heavy (non-hydrogen) atoms. The zero-order chi connectivity index (χ0) is 26.4. The molecular formula is C29H25N3O4S. The number of esters is 1. The summed E-state index contributed by atoms with van der Waals surface area (Å²) in [5.41, 5.74) is 3.16. The minimum atomic E-state index is -0.581. The smallest absolute Gasteiger partial charge is 0.338 e. The van der Waals surface area contributed by atoms with Crippen molar-refractivity contribution in [3.8, 4) is 6.07 Å². The number of rotatable bonds is 7. The molecule has 0 aromatic heterocycles. The number of para-hydroxylation sites is 2. The van der Waals surface area contributed by atoms with Gasteiger partial charge >= 0.3 is 5.97 Å². The molecule has 7 nitrogen and oxygen atoms in total. The molecular weight excluding hydrogens is 486 g/mol. The van der Waals surface area contributed by atoms with Gasteiger partial charge < -0.3 is 10.1 Å². The summed E-state index contributed by atoms with van der Waals surface area (Å²) < 4.78 is 5.03. The number of hydrogen-bond acceptors (Lipinski definition) is 6. The molecule has 1 saturated heterocycles. The van der Waals surface area contributed by atoms with Crippen molar-refractivity contribution in [3.05, 3.63) is 106 Å². The Kier molecular flexibility index (Phi) is 8.06. The molecule has 4 rings (SSSR count). The average molecular weight is 512 g/mol. The third-order valence-electron chi connectivity index (χ3n) is 5.78. The van der Waals surface area contributed by atoms with Crippen molar-refractivity contribution >= 4 is 40.9 Å². The van der Waals surface area contributed by atoms with Crippen LogP contribution in [-0.4, -0.2) is 29.6 Å². The standard InChI is InChI=1S/C29H25N3O4S/c1-3-36-29(35)21-15-13-20(14-16-21)17-25-27(34)32(24-12-8-7-9-19(24)2)28(37-25)23(18-30)26(33)31-22-10-5-4-6-11-22/h4-16,25H,3,17H2,1-2H3,(H,31,33)/b28-23-/t25-/m0/s1. The number of nitrogens with zero attached hydrogens (tertiary/aromatic N) is 2. The zero-order valence-electron chi connectivity index (χ0n) is 20.4. The maximum absolute atomic E-state index is 13.7. The molecule has 3 aromatic rings. The van der Waals surface area contributed by atoms with Gasteiger partial charge in [-0.2, -0.15) is 5.26 Å². The molecule has 3 aromatic carbocycles. The maximum atomic E-state index is 13.7. The Morgan fingerprint density at radius 3 is 2.35 bits per heavy atom. The molecule has 1 aliphatic rings. The highest BCUT2D eigenvalue weighted by Gasteiger charge is 2.41. The lowest BCUT2D eigenvalue weighted by Gasteiger charge is -2.20. The number of anilines is 2. The minimum absolute atomic E-state index is 0.134. The normalized spacial score (nSPS) is 16.2. The highest BCUT2D eigenvalue weighted by molar-refractivity contribution is 8.05. The van der Waals surface area contributed by atoms with E-state index in [0.717, 1.165) is 11.1 Å². The van der Waals surface area contributed by atoms with Gasteiger partial charge in [-0.3, -0.25) is 14.5 Å². The van der Waals surface area contributed by atoms with Gasteiger partial charge in [0.25, 0.3) is 5.91 Å². The van der Waals surface area contributed by atoms with Crippen LogP contribution < -0.4 is 10.2 Å². The first-order chi connectivity index (χ1) is 17.9. The van der Waals surface area contributed by atoms with Gasteiger partial charge in [0.2, 0.25) is 5.91 Å². The van der Waals surface area contributed by atoms with E-state index in [-0.39, 0.29) is 18.1 Å². The lowest BCUT2D eigenvalue weighted by Crippen LogP contribution is -2.31. The molecule has 1 atom stereocenters. The van der Waals surface area contributed by atoms with Gasteiger partial charge in [0.15, 0.2) is 0 Å². The summed E-state index contributed by atoms with van der Waals surface area (Å²) in [6.07, 6.45) is 0.359.